The van der Waals surface area contributed by atoms with Crippen LogP contribution in [0, 0.1) is 12.8 Å². The number of nitrogens with zero attached hydrogens (tertiary/aromatic N) is 4. The number of piperidine rings is 1. The Balaban J connectivity index is 1.26. The number of amides is 1. The summed E-state index contributed by atoms with van der Waals surface area (Å²) in [6.45, 7) is 7.27. The maximum absolute atomic E-state index is 13.5. The van der Waals surface area contributed by atoms with E-state index in [1.54, 1.807) is 23.1 Å². The van der Waals surface area contributed by atoms with Gasteiger partial charge in [-0.05, 0) is 57.7 Å². The van der Waals surface area contributed by atoms with E-state index in [1.165, 1.54) is 45.3 Å². The lowest BCUT2D eigenvalue weighted by Crippen LogP contribution is -2.42. The molecule has 0 atom stereocenters. The van der Waals surface area contributed by atoms with E-state index in [2.05, 4.69) is 15.1 Å². The van der Waals surface area contributed by atoms with E-state index in [-0.39, 0.29) is 5.91 Å². The summed E-state index contributed by atoms with van der Waals surface area (Å²) in [5, 5.41) is 10.3. The zero-order chi connectivity index (χ0) is 22.6. The van der Waals surface area contributed by atoms with E-state index in [9.17, 15) is 4.79 Å². The molecular weight excluding hydrogens is 452 g/mol. The molecule has 2 aromatic heterocycles. The highest BCUT2D eigenvalue weighted by molar-refractivity contribution is 8.00. The Morgan fingerprint density at radius 2 is 1.85 bits per heavy atom. The lowest BCUT2D eigenvalue weighted by atomic mass is 9.95. The summed E-state index contributed by atoms with van der Waals surface area (Å²) < 4.78 is 7.05. The minimum atomic E-state index is 0.0310. The van der Waals surface area contributed by atoms with Gasteiger partial charge in [0.05, 0.1) is 0 Å². The Morgan fingerprint density at radius 3 is 2.58 bits per heavy atom. The Kier molecular flexibility index (Phi) is 7.33. The number of thioether (sulfide) groups is 1. The Morgan fingerprint density at radius 1 is 1.09 bits per heavy atom. The molecule has 0 aliphatic carbocycles. The van der Waals surface area contributed by atoms with Crippen molar-refractivity contribution in [3.8, 4) is 0 Å². The van der Waals surface area contributed by atoms with Crippen molar-refractivity contribution in [2.24, 2.45) is 5.92 Å². The van der Waals surface area contributed by atoms with Crippen LogP contribution in [0.4, 0.5) is 0 Å². The SMILES string of the molecule is Cc1nnc(SCc2c(C(=O)N3CCC(CN4CCCCCC4)CC3)oc3ccccc23)s1. The highest BCUT2D eigenvalue weighted by Crippen LogP contribution is 2.34. The fraction of sp³-hybridized carbons (Fsp3) is 0.560. The van der Waals surface area contributed by atoms with Crippen molar-refractivity contribution in [2.45, 2.75) is 55.5 Å². The first kappa shape index (κ1) is 22.9. The van der Waals surface area contributed by atoms with E-state index in [4.69, 9.17) is 4.42 Å². The molecule has 0 radical (unpaired) electrons. The molecule has 0 saturated carbocycles. The molecule has 2 aliphatic rings. The summed E-state index contributed by atoms with van der Waals surface area (Å²) >= 11 is 3.21. The van der Waals surface area contributed by atoms with Crippen LogP contribution in [0.25, 0.3) is 11.0 Å². The third kappa shape index (κ3) is 5.44. The van der Waals surface area contributed by atoms with E-state index in [1.807, 2.05) is 36.1 Å². The number of likely N-dealkylation sites (tertiary alicyclic amines) is 2. The number of aryl methyl sites for hydroxylation is 1. The van der Waals surface area contributed by atoms with Crippen molar-refractivity contribution in [3.05, 3.63) is 40.6 Å². The lowest BCUT2D eigenvalue weighted by molar-refractivity contribution is 0.0638. The van der Waals surface area contributed by atoms with Crippen LogP contribution in [-0.4, -0.2) is 58.6 Å². The number of hydrogen-bond acceptors (Lipinski definition) is 7. The number of furan rings is 1. The second kappa shape index (κ2) is 10.6. The van der Waals surface area contributed by atoms with Crippen LogP contribution in [0.2, 0.25) is 0 Å². The maximum Gasteiger partial charge on any atom is 0.289 e. The molecule has 2 saturated heterocycles. The number of benzene rings is 1. The van der Waals surface area contributed by atoms with Crippen LogP contribution in [0.3, 0.4) is 0 Å². The number of rotatable bonds is 6. The number of fused-ring (bicyclic) bond motifs is 1. The average Bonchev–Trinajstić information content (AvgIpc) is 3.32. The van der Waals surface area contributed by atoms with Crippen molar-refractivity contribution in [3.63, 3.8) is 0 Å². The van der Waals surface area contributed by atoms with Crippen molar-refractivity contribution in [1.82, 2.24) is 20.0 Å². The van der Waals surface area contributed by atoms with Crippen molar-refractivity contribution in [1.29, 1.82) is 0 Å². The monoisotopic (exact) mass is 484 g/mol. The maximum atomic E-state index is 13.5. The molecule has 4 heterocycles. The molecule has 2 fully saturated rings. The largest absolute Gasteiger partial charge is 0.451 e. The van der Waals surface area contributed by atoms with E-state index >= 15 is 0 Å². The molecule has 1 amide bonds. The highest BCUT2D eigenvalue weighted by Gasteiger charge is 2.29. The first-order chi connectivity index (χ1) is 16.2. The van der Waals surface area contributed by atoms with Gasteiger partial charge in [0.1, 0.15) is 10.6 Å². The second-order valence-electron chi connectivity index (χ2n) is 9.23. The average molecular weight is 485 g/mol. The van der Waals surface area contributed by atoms with Gasteiger partial charge in [-0.15, -0.1) is 10.2 Å². The molecule has 0 spiro atoms. The topological polar surface area (TPSA) is 62.5 Å². The predicted molar refractivity (Wildman–Crippen MR) is 134 cm³/mol. The minimum Gasteiger partial charge on any atom is -0.451 e. The quantitative estimate of drug-likeness (QED) is 0.424. The molecule has 5 rings (SSSR count). The summed E-state index contributed by atoms with van der Waals surface area (Å²) in [5.74, 6) is 1.87. The van der Waals surface area contributed by atoms with E-state index in [0.29, 0.717) is 17.4 Å². The van der Waals surface area contributed by atoms with Gasteiger partial charge in [-0.25, -0.2) is 0 Å². The molecule has 0 N–H and O–H groups in total. The van der Waals surface area contributed by atoms with Gasteiger partial charge in [-0.2, -0.15) is 0 Å². The Bertz CT molecular complexity index is 1080. The molecular formula is C25H32N4O2S2. The van der Waals surface area contributed by atoms with Gasteiger partial charge in [-0.1, -0.05) is 54.1 Å². The number of carbonyl (C=O) groups is 1. The number of aromatic nitrogens is 2. The zero-order valence-electron chi connectivity index (χ0n) is 19.3. The standard InChI is InChI=1S/C25H32N4O2S2/c1-18-26-27-25(33-18)32-17-21-20-8-4-5-9-22(20)31-23(21)24(30)29-14-10-19(11-15-29)16-28-12-6-2-3-7-13-28/h4-5,8-9,19H,2-3,6-7,10-17H2,1H3. The summed E-state index contributed by atoms with van der Waals surface area (Å²) in [6, 6.07) is 7.95. The van der Waals surface area contributed by atoms with Gasteiger partial charge < -0.3 is 14.2 Å². The highest BCUT2D eigenvalue weighted by atomic mass is 32.2. The van der Waals surface area contributed by atoms with E-state index in [0.717, 1.165) is 51.8 Å². The fourth-order valence-corrected chi connectivity index (χ4v) is 6.87. The summed E-state index contributed by atoms with van der Waals surface area (Å²) in [6.07, 6.45) is 7.58. The number of para-hydroxylation sites is 1. The Hall–Kier alpha value is -1.90. The molecule has 6 nitrogen and oxygen atoms in total. The van der Waals surface area contributed by atoms with E-state index < -0.39 is 0 Å². The fourth-order valence-electron chi connectivity index (χ4n) is 5.03. The zero-order valence-corrected chi connectivity index (χ0v) is 20.9. The first-order valence-electron chi connectivity index (χ1n) is 12.1. The van der Waals surface area contributed by atoms with Crippen molar-refractivity contribution >= 4 is 40.0 Å². The molecule has 0 bridgehead atoms. The van der Waals surface area contributed by atoms with Gasteiger partial charge in [0, 0.05) is 36.3 Å². The molecule has 176 valence electrons. The van der Waals surface area contributed by atoms with Crippen LogP contribution >= 0.6 is 23.1 Å². The lowest BCUT2D eigenvalue weighted by Gasteiger charge is -2.34. The number of carbonyl (C=O) groups excluding carboxylic acids is 1. The summed E-state index contributed by atoms with van der Waals surface area (Å²) in [4.78, 5) is 18.2. The second-order valence-corrected chi connectivity index (χ2v) is 11.6. The molecule has 8 heteroatoms. The molecule has 1 aromatic carbocycles. The van der Waals surface area contributed by atoms with Gasteiger partial charge >= 0.3 is 0 Å². The third-order valence-electron chi connectivity index (χ3n) is 6.86. The van der Waals surface area contributed by atoms with Crippen LogP contribution in [-0.2, 0) is 5.75 Å². The summed E-state index contributed by atoms with van der Waals surface area (Å²) in [5.41, 5.74) is 1.75. The van der Waals surface area contributed by atoms with Gasteiger partial charge in [-0.3, -0.25) is 4.79 Å². The van der Waals surface area contributed by atoms with Crippen LogP contribution in [0.5, 0.6) is 0 Å². The first-order valence-corrected chi connectivity index (χ1v) is 13.9. The van der Waals surface area contributed by atoms with Gasteiger partial charge in [0.2, 0.25) is 0 Å². The summed E-state index contributed by atoms with van der Waals surface area (Å²) in [7, 11) is 0. The molecule has 2 aliphatic heterocycles. The normalized spacial score (nSPS) is 18.6. The smallest absolute Gasteiger partial charge is 0.289 e. The minimum absolute atomic E-state index is 0.0310. The Labute approximate surface area is 203 Å². The molecule has 0 unspecified atom stereocenters. The van der Waals surface area contributed by atoms with Gasteiger partial charge in [0.25, 0.3) is 5.91 Å². The van der Waals surface area contributed by atoms with Gasteiger partial charge in [0.15, 0.2) is 10.1 Å². The van der Waals surface area contributed by atoms with Crippen LogP contribution in [0.15, 0.2) is 33.0 Å². The predicted octanol–water partition coefficient (Wildman–Crippen LogP) is 5.61. The van der Waals surface area contributed by atoms with Crippen molar-refractivity contribution in [2.75, 3.05) is 32.7 Å². The van der Waals surface area contributed by atoms with Crippen molar-refractivity contribution < 1.29 is 9.21 Å². The van der Waals surface area contributed by atoms with Crippen LogP contribution in [0.1, 0.15) is 59.7 Å². The van der Waals surface area contributed by atoms with Crippen LogP contribution < -0.4 is 0 Å². The molecule has 33 heavy (non-hydrogen) atoms. The molecule has 3 aromatic rings. The third-order valence-corrected chi connectivity index (χ3v) is 8.86. The number of hydrogen-bond donors (Lipinski definition) is 0.